The maximum atomic E-state index is 12.2. The van der Waals surface area contributed by atoms with Crippen LogP contribution in [0, 0.1) is 0 Å². The second-order valence-corrected chi connectivity index (χ2v) is 5.03. The molecule has 1 amide bonds. The van der Waals surface area contributed by atoms with Crippen molar-refractivity contribution < 1.29 is 15.0 Å². The molecule has 0 fully saturated rings. The van der Waals surface area contributed by atoms with Crippen molar-refractivity contribution in [2.24, 2.45) is 0 Å². The summed E-state index contributed by atoms with van der Waals surface area (Å²) in [6.07, 6.45) is 0.943. The van der Waals surface area contributed by atoms with Crippen molar-refractivity contribution in [1.82, 2.24) is 5.32 Å². The quantitative estimate of drug-likeness (QED) is 0.636. The molecule has 21 heavy (non-hydrogen) atoms. The minimum absolute atomic E-state index is 0.243. The first-order valence-electron chi connectivity index (χ1n) is 6.80. The van der Waals surface area contributed by atoms with Crippen LogP contribution in [0.2, 0.25) is 0 Å². The van der Waals surface area contributed by atoms with E-state index in [1.807, 2.05) is 12.1 Å². The summed E-state index contributed by atoms with van der Waals surface area (Å²) < 4.78 is 0. The maximum absolute atomic E-state index is 12.2. The monoisotopic (exact) mass is 284 g/mol. The number of hydrogen-bond acceptors (Lipinski definition) is 4. The average molecular weight is 284 g/mol. The Morgan fingerprint density at radius 2 is 2.00 bits per heavy atom. The lowest BCUT2D eigenvalue weighted by Gasteiger charge is -2.20. The molecule has 1 aliphatic heterocycles. The van der Waals surface area contributed by atoms with Gasteiger partial charge in [0, 0.05) is 17.8 Å². The van der Waals surface area contributed by atoms with Gasteiger partial charge >= 0.3 is 0 Å². The van der Waals surface area contributed by atoms with Crippen LogP contribution >= 0.6 is 0 Å². The van der Waals surface area contributed by atoms with Gasteiger partial charge < -0.3 is 20.8 Å². The highest BCUT2D eigenvalue weighted by Crippen LogP contribution is 2.27. The Kier molecular flexibility index (Phi) is 3.50. The van der Waals surface area contributed by atoms with Crippen molar-refractivity contribution in [2.45, 2.75) is 13.0 Å². The van der Waals surface area contributed by atoms with Crippen LogP contribution in [0.5, 0.6) is 11.5 Å². The summed E-state index contributed by atoms with van der Waals surface area (Å²) in [4.78, 5) is 12.2. The third-order valence-electron chi connectivity index (χ3n) is 3.63. The molecule has 0 spiro atoms. The van der Waals surface area contributed by atoms with Gasteiger partial charge in [-0.1, -0.05) is 12.1 Å². The van der Waals surface area contributed by atoms with Gasteiger partial charge in [0.2, 0.25) is 0 Å². The molecule has 1 heterocycles. The Balaban J connectivity index is 1.86. The fourth-order valence-corrected chi connectivity index (χ4v) is 2.49. The first-order chi connectivity index (χ1) is 10.1. The SMILES string of the molecule is O=C(Nc1cccc2c1CNCC2)c1ccc(O)c(O)c1. The molecule has 4 N–H and O–H groups in total. The molecular formula is C16H16N2O3. The van der Waals surface area contributed by atoms with Gasteiger partial charge in [0.1, 0.15) is 0 Å². The normalized spacial score (nSPS) is 13.5. The van der Waals surface area contributed by atoms with Crippen LogP contribution in [0.25, 0.3) is 0 Å². The van der Waals surface area contributed by atoms with E-state index in [0.717, 1.165) is 30.8 Å². The van der Waals surface area contributed by atoms with Gasteiger partial charge in [-0.25, -0.2) is 0 Å². The van der Waals surface area contributed by atoms with Crippen molar-refractivity contribution in [3.05, 3.63) is 53.1 Å². The molecule has 2 aromatic rings. The van der Waals surface area contributed by atoms with Gasteiger partial charge in [-0.05, 0) is 48.4 Å². The molecule has 5 heteroatoms. The number of amides is 1. The lowest BCUT2D eigenvalue weighted by molar-refractivity contribution is 0.102. The number of benzene rings is 2. The van der Waals surface area contributed by atoms with Gasteiger partial charge in [0.15, 0.2) is 11.5 Å². The van der Waals surface area contributed by atoms with E-state index >= 15 is 0 Å². The molecule has 108 valence electrons. The zero-order chi connectivity index (χ0) is 14.8. The topological polar surface area (TPSA) is 81.6 Å². The van der Waals surface area contributed by atoms with Crippen LogP contribution in [0.15, 0.2) is 36.4 Å². The van der Waals surface area contributed by atoms with Crippen LogP contribution < -0.4 is 10.6 Å². The van der Waals surface area contributed by atoms with E-state index in [0.29, 0.717) is 5.56 Å². The van der Waals surface area contributed by atoms with E-state index in [1.165, 1.54) is 23.8 Å². The lowest BCUT2D eigenvalue weighted by Crippen LogP contribution is -2.25. The average Bonchev–Trinajstić information content (AvgIpc) is 2.50. The standard InChI is InChI=1S/C16H16N2O3/c19-14-5-4-11(8-15(14)20)16(21)18-13-3-1-2-10-6-7-17-9-12(10)13/h1-5,8,17,19-20H,6-7,9H2,(H,18,21). The van der Waals surface area contributed by atoms with E-state index < -0.39 is 0 Å². The van der Waals surface area contributed by atoms with E-state index in [9.17, 15) is 15.0 Å². The van der Waals surface area contributed by atoms with E-state index in [1.54, 1.807) is 0 Å². The first-order valence-corrected chi connectivity index (χ1v) is 6.80. The second-order valence-electron chi connectivity index (χ2n) is 5.03. The summed E-state index contributed by atoms with van der Waals surface area (Å²) in [5.74, 6) is -0.864. The summed E-state index contributed by atoms with van der Waals surface area (Å²) in [5.41, 5.74) is 3.41. The Labute approximate surface area is 122 Å². The number of carbonyl (C=O) groups is 1. The third-order valence-corrected chi connectivity index (χ3v) is 3.63. The molecule has 1 aliphatic rings. The van der Waals surface area contributed by atoms with Crippen LogP contribution in [-0.4, -0.2) is 22.7 Å². The molecular weight excluding hydrogens is 268 g/mol. The summed E-state index contributed by atoms with van der Waals surface area (Å²) >= 11 is 0. The minimum Gasteiger partial charge on any atom is -0.504 e. The molecule has 0 saturated carbocycles. The number of anilines is 1. The summed E-state index contributed by atoms with van der Waals surface area (Å²) in [7, 11) is 0. The molecule has 0 aromatic heterocycles. The van der Waals surface area contributed by atoms with E-state index in [4.69, 9.17) is 0 Å². The molecule has 0 unspecified atom stereocenters. The predicted molar refractivity (Wildman–Crippen MR) is 79.6 cm³/mol. The Morgan fingerprint density at radius 3 is 2.81 bits per heavy atom. The molecule has 0 saturated heterocycles. The molecule has 0 aliphatic carbocycles. The van der Waals surface area contributed by atoms with Crippen LogP contribution in [0.3, 0.4) is 0 Å². The van der Waals surface area contributed by atoms with Crippen molar-refractivity contribution in [3.63, 3.8) is 0 Å². The Morgan fingerprint density at radius 1 is 1.14 bits per heavy atom. The number of aromatic hydroxyl groups is 2. The van der Waals surface area contributed by atoms with Gasteiger partial charge in [0.25, 0.3) is 5.91 Å². The van der Waals surface area contributed by atoms with E-state index in [-0.39, 0.29) is 17.4 Å². The second kappa shape index (κ2) is 5.46. The first kappa shape index (κ1) is 13.5. The van der Waals surface area contributed by atoms with Crippen molar-refractivity contribution >= 4 is 11.6 Å². The largest absolute Gasteiger partial charge is 0.504 e. The predicted octanol–water partition coefficient (Wildman–Crippen LogP) is 2.00. The lowest BCUT2D eigenvalue weighted by atomic mass is 9.99. The molecule has 0 atom stereocenters. The number of phenols is 2. The molecule has 0 bridgehead atoms. The molecule has 2 aromatic carbocycles. The maximum Gasteiger partial charge on any atom is 0.255 e. The highest BCUT2D eigenvalue weighted by Gasteiger charge is 2.15. The van der Waals surface area contributed by atoms with Crippen molar-refractivity contribution in [1.29, 1.82) is 0 Å². The molecule has 5 nitrogen and oxygen atoms in total. The van der Waals surface area contributed by atoms with Crippen LogP contribution in [0.1, 0.15) is 21.5 Å². The van der Waals surface area contributed by atoms with Crippen LogP contribution in [-0.2, 0) is 13.0 Å². The van der Waals surface area contributed by atoms with E-state index in [2.05, 4.69) is 16.7 Å². The fourth-order valence-electron chi connectivity index (χ4n) is 2.49. The smallest absolute Gasteiger partial charge is 0.255 e. The molecule has 3 rings (SSSR count). The molecule has 0 radical (unpaired) electrons. The Hall–Kier alpha value is -2.53. The van der Waals surface area contributed by atoms with Gasteiger partial charge in [-0.3, -0.25) is 4.79 Å². The highest BCUT2D eigenvalue weighted by molar-refractivity contribution is 6.05. The summed E-state index contributed by atoms with van der Waals surface area (Å²) in [5, 5.41) is 24.9. The zero-order valence-corrected chi connectivity index (χ0v) is 11.4. The Bertz CT molecular complexity index is 698. The summed E-state index contributed by atoms with van der Waals surface area (Å²) in [6, 6.07) is 9.87. The van der Waals surface area contributed by atoms with Gasteiger partial charge in [0.05, 0.1) is 0 Å². The third kappa shape index (κ3) is 2.68. The van der Waals surface area contributed by atoms with Gasteiger partial charge in [-0.2, -0.15) is 0 Å². The zero-order valence-electron chi connectivity index (χ0n) is 11.4. The van der Waals surface area contributed by atoms with Gasteiger partial charge in [-0.15, -0.1) is 0 Å². The fraction of sp³-hybridized carbons (Fsp3) is 0.188. The number of rotatable bonds is 2. The number of nitrogens with one attached hydrogen (secondary N) is 2. The number of phenolic OH excluding ortho intramolecular Hbond substituents is 2. The highest BCUT2D eigenvalue weighted by atomic mass is 16.3. The number of fused-ring (bicyclic) bond motifs is 1. The summed E-state index contributed by atoms with van der Waals surface area (Å²) in [6.45, 7) is 1.67. The van der Waals surface area contributed by atoms with Crippen molar-refractivity contribution in [2.75, 3.05) is 11.9 Å². The number of carbonyl (C=O) groups excluding carboxylic acids is 1. The van der Waals surface area contributed by atoms with Crippen LogP contribution in [0.4, 0.5) is 5.69 Å². The van der Waals surface area contributed by atoms with Crippen molar-refractivity contribution in [3.8, 4) is 11.5 Å². The number of hydrogen-bond donors (Lipinski definition) is 4. The minimum atomic E-state index is -0.315.